The number of carbonyl (C=O) groups is 2. The van der Waals surface area contributed by atoms with Crippen LogP contribution in [0.5, 0.6) is 0 Å². The average molecular weight is 526 g/mol. The number of nitrogen functional groups attached to an aromatic ring is 1. The first-order valence-electron chi connectivity index (χ1n) is 9.42. The Labute approximate surface area is 205 Å². The molecule has 0 fully saturated rings. The fraction of sp³-hybridized carbons (Fsp3) is 0.0909. The van der Waals surface area contributed by atoms with Crippen molar-refractivity contribution in [1.82, 2.24) is 15.3 Å². The number of alkyl halides is 3. The number of hydrogen-bond acceptors (Lipinski definition) is 5. The van der Waals surface area contributed by atoms with Crippen LogP contribution >= 0.6 is 23.2 Å². The monoisotopic (exact) mass is 525 g/mol. The number of halogens is 6. The van der Waals surface area contributed by atoms with Gasteiger partial charge in [-0.25, -0.2) is 9.37 Å². The van der Waals surface area contributed by atoms with E-state index in [0.717, 1.165) is 18.3 Å². The number of hydrogen-bond donors (Lipinski definition) is 3. The molecule has 180 valence electrons. The van der Waals surface area contributed by atoms with Gasteiger partial charge in [0.25, 0.3) is 11.8 Å². The second-order valence-corrected chi connectivity index (χ2v) is 7.73. The van der Waals surface area contributed by atoms with E-state index in [2.05, 4.69) is 21.2 Å². The van der Waals surface area contributed by atoms with Crippen LogP contribution in [0.1, 0.15) is 26.4 Å². The van der Waals surface area contributed by atoms with Gasteiger partial charge in [0, 0.05) is 17.3 Å². The van der Waals surface area contributed by atoms with E-state index in [-0.39, 0.29) is 43.7 Å². The lowest BCUT2D eigenvalue weighted by Crippen LogP contribution is -2.34. The molecule has 2 aromatic heterocycles. The Balaban J connectivity index is 1.84. The molecule has 13 heteroatoms. The topological polar surface area (TPSA) is 110 Å². The van der Waals surface area contributed by atoms with Crippen LogP contribution in [0, 0.1) is 18.2 Å². The lowest BCUT2D eigenvalue weighted by molar-refractivity contribution is -0.123. The number of terminal acetylenes is 1. The first-order chi connectivity index (χ1) is 16.4. The number of benzene rings is 1. The van der Waals surface area contributed by atoms with Gasteiger partial charge in [0.05, 0.1) is 44.9 Å². The Morgan fingerprint density at radius 3 is 2.43 bits per heavy atom. The van der Waals surface area contributed by atoms with Gasteiger partial charge in [0.1, 0.15) is 18.1 Å². The molecule has 0 aliphatic heterocycles. The van der Waals surface area contributed by atoms with Gasteiger partial charge in [0.2, 0.25) is 0 Å². The third-order valence-corrected chi connectivity index (χ3v) is 5.07. The van der Waals surface area contributed by atoms with E-state index in [0.29, 0.717) is 0 Å². The summed E-state index contributed by atoms with van der Waals surface area (Å²) in [5, 5.41) is 3.53. The summed E-state index contributed by atoms with van der Waals surface area (Å²) in [7, 11) is 0. The van der Waals surface area contributed by atoms with Gasteiger partial charge in [-0.1, -0.05) is 29.1 Å². The third-order valence-electron chi connectivity index (χ3n) is 4.46. The van der Waals surface area contributed by atoms with Crippen molar-refractivity contribution >= 4 is 46.4 Å². The standard InChI is InChI=1S/C22H13Cl2F4N5O2/c1-2-10-6-30-8-17(29)18(10)13-4-14(23)12(5-16(13)25)20(34)33-11-3-15(24)19(31-7-11)21(35)32-9-22(26,27)28/h1,3-8H,9,29H2,(H,32,35)(H,33,34). The van der Waals surface area contributed by atoms with E-state index in [1.54, 1.807) is 5.32 Å². The summed E-state index contributed by atoms with van der Waals surface area (Å²) in [6.07, 6.45) is 4.41. The van der Waals surface area contributed by atoms with Crippen LogP contribution in [0.3, 0.4) is 0 Å². The maximum atomic E-state index is 14.9. The molecule has 0 saturated heterocycles. The van der Waals surface area contributed by atoms with Crippen molar-refractivity contribution < 1.29 is 27.2 Å². The number of nitrogens with two attached hydrogens (primary N) is 1. The predicted molar refractivity (Wildman–Crippen MR) is 123 cm³/mol. The molecule has 2 heterocycles. The zero-order valence-electron chi connectivity index (χ0n) is 17.3. The van der Waals surface area contributed by atoms with Crippen molar-refractivity contribution in [2.75, 3.05) is 17.6 Å². The quantitative estimate of drug-likeness (QED) is 0.330. The third kappa shape index (κ3) is 5.98. The molecule has 0 saturated carbocycles. The SMILES string of the molecule is C#Cc1cncc(N)c1-c1cc(Cl)c(C(=O)Nc2cnc(C(=O)NCC(F)(F)F)c(Cl)c2)cc1F. The Hall–Kier alpha value is -3.88. The molecule has 3 aromatic rings. The summed E-state index contributed by atoms with van der Waals surface area (Å²) in [6.45, 7) is -1.57. The number of carbonyl (C=O) groups excluding carboxylic acids is 2. The second kappa shape index (κ2) is 10.2. The van der Waals surface area contributed by atoms with Crippen LogP contribution in [0.2, 0.25) is 10.0 Å². The highest BCUT2D eigenvalue weighted by Gasteiger charge is 2.28. The highest BCUT2D eigenvalue weighted by atomic mass is 35.5. The van der Waals surface area contributed by atoms with Crippen LogP contribution in [-0.4, -0.2) is 34.5 Å². The predicted octanol–water partition coefficient (Wildman–Crippen LogP) is 4.70. The van der Waals surface area contributed by atoms with Crippen molar-refractivity contribution in [3.63, 3.8) is 0 Å². The largest absolute Gasteiger partial charge is 0.405 e. The molecule has 3 rings (SSSR count). The van der Waals surface area contributed by atoms with Crippen molar-refractivity contribution in [2.24, 2.45) is 0 Å². The van der Waals surface area contributed by atoms with Crippen LogP contribution in [0.15, 0.2) is 36.8 Å². The molecule has 1 aromatic carbocycles. The molecule has 0 aliphatic rings. The first kappa shape index (κ1) is 25.7. The molecule has 0 aliphatic carbocycles. The Morgan fingerprint density at radius 1 is 1.09 bits per heavy atom. The molecule has 0 unspecified atom stereocenters. The molecular formula is C22H13Cl2F4N5O2. The molecular weight excluding hydrogens is 513 g/mol. The van der Waals surface area contributed by atoms with Gasteiger partial charge in [-0.15, -0.1) is 6.42 Å². The number of nitrogens with one attached hydrogen (secondary N) is 2. The van der Waals surface area contributed by atoms with E-state index >= 15 is 0 Å². The Bertz CT molecular complexity index is 1370. The van der Waals surface area contributed by atoms with Gasteiger partial charge in [-0.2, -0.15) is 13.2 Å². The summed E-state index contributed by atoms with van der Waals surface area (Å²) in [6, 6.07) is 3.14. The highest BCUT2D eigenvalue weighted by molar-refractivity contribution is 6.35. The first-order valence-corrected chi connectivity index (χ1v) is 10.2. The van der Waals surface area contributed by atoms with E-state index in [4.69, 9.17) is 35.4 Å². The summed E-state index contributed by atoms with van der Waals surface area (Å²) < 4.78 is 51.7. The number of aromatic nitrogens is 2. The van der Waals surface area contributed by atoms with Gasteiger partial charge in [-0.3, -0.25) is 14.6 Å². The normalized spacial score (nSPS) is 11.0. The minimum Gasteiger partial charge on any atom is -0.397 e. The lowest BCUT2D eigenvalue weighted by atomic mass is 9.98. The summed E-state index contributed by atoms with van der Waals surface area (Å²) in [4.78, 5) is 32.0. The maximum Gasteiger partial charge on any atom is 0.405 e. The van der Waals surface area contributed by atoms with Crippen LogP contribution < -0.4 is 16.4 Å². The molecule has 0 atom stereocenters. The average Bonchev–Trinajstić information content (AvgIpc) is 2.78. The highest BCUT2D eigenvalue weighted by Crippen LogP contribution is 2.34. The Morgan fingerprint density at radius 2 is 1.80 bits per heavy atom. The number of amides is 2. The van der Waals surface area contributed by atoms with Gasteiger partial charge < -0.3 is 16.4 Å². The zero-order chi connectivity index (χ0) is 25.9. The molecule has 35 heavy (non-hydrogen) atoms. The molecule has 7 nitrogen and oxygen atoms in total. The number of rotatable bonds is 5. The van der Waals surface area contributed by atoms with E-state index in [1.807, 2.05) is 0 Å². The van der Waals surface area contributed by atoms with E-state index in [1.165, 1.54) is 18.5 Å². The smallest absolute Gasteiger partial charge is 0.397 e. The van der Waals surface area contributed by atoms with Crippen LogP contribution in [0.25, 0.3) is 11.1 Å². The van der Waals surface area contributed by atoms with Crippen molar-refractivity contribution in [3.05, 3.63) is 69.5 Å². The maximum absolute atomic E-state index is 14.9. The summed E-state index contributed by atoms with van der Waals surface area (Å²) in [5.74, 6) is -0.510. The van der Waals surface area contributed by atoms with Gasteiger partial charge >= 0.3 is 6.18 Å². The minimum atomic E-state index is -4.62. The summed E-state index contributed by atoms with van der Waals surface area (Å²) in [5.41, 5.74) is 5.58. The molecule has 0 radical (unpaired) electrons. The lowest BCUT2D eigenvalue weighted by Gasteiger charge is -2.13. The van der Waals surface area contributed by atoms with Crippen molar-refractivity contribution in [1.29, 1.82) is 0 Å². The van der Waals surface area contributed by atoms with Crippen molar-refractivity contribution in [3.8, 4) is 23.5 Å². The Kier molecular flexibility index (Phi) is 7.48. The molecule has 4 N–H and O–H groups in total. The van der Waals surface area contributed by atoms with Crippen LogP contribution in [-0.2, 0) is 0 Å². The van der Waals surface area contributed by atoms with E-state index < -0.39 is 36.0 Å². The minimum absolute atomic E-state index is 0.0269. The van der Waals surface area contributed by atoms with Gasteiger partial charge in [0.15, 0.2) is 0 Å². The van der Waals surface area contributed by atoms with Crippen LogP contribution in [0.4, 0.5) is 28.9 Å². The molecule has 2 amide bonds. The number of pyridine rings is 2. The fourth-order valence-corrected chi connectivity index (χ4v) is 3.44. The zero-order valence-corrected chi connectivity index (χ0v) is 18.8. The summed E-state index contributed by atoms with van der Waals surface area (Å²) >= 11 is 12.1. The molecule has 0 spiro atoms. The van der Waals surface area contributed by atoms with Crippen molar-refractivity contribution in [2.45, 2.75) is 6.18 Å². The molecule has 0 bridgehead atoms. The number of nitrogens with zero attached hydrogens (tertiary/aromatic N) is 2. The number of anilines is 2. The van der Waals surface area contributed by atoms with E-state index in [9.17, 15) is 27.2 Å². The van der Waals surface area contributed by atoms with Gasteiger partial charge in [-0.05, 0) is 18.2 Å². The second-order valence-electron chi connectivity index (χ2n) is 6.91. The fourth-order valence-electron chi connectivity index (χ4n) is 2.94.